The molecule has 1 rings (SSSR count). The summed E-state index contributed by atoms with van der Waals surface area (Å²) in [5, 5.41) is 2.60. The van der Waals surface area contributed by atoms with Gasteiger partial charge in [0.05, 0.1) is 0 Å². The van der Waals surface area contributed by atoms with Gasteiger partial charge in [-0.25, -0.2) is 0 Å². The Hall–Kier alpha value is -1.62. The van der Waals surface area contributed by atoms with Crippen LogP contribution in [0.2, 0.25) is 0 Å². The van der Waals surface area contributed by atoms with Crippen molar-refractivity contribution in [3.05, 3.63) is 24.0 Å². The molecule has 1 heterocycles. The number of carbonyl (C=O) groups excluding carboxylic acids is 1. The number of amides is 1. The van der Waals surface area contributed by atoms with Crippen molar-refractivity contribution in [2.75, 3.05) is 31.6 Å². The Labute approximate surface area is 121 Å². The van der Waals surface area contributed by atoms with Gasteiger partial charge in [0.25, 0.3) is 5.91 Å². The van der Waals surface area contributed by atoms with Crippen LogP contribution in [0.25, 0.3) is 0 Å². The zero-order valence-corrected chi connectivity index (χ0v) is 12.9. The van der Waals surface area contributed by atoms with E-state index in [0.717, 1.165) is 25.2 Å². The van der Waals surface area contributed by atoms with Crippen LogP contribution in [0.5, 0.6) is 0 Å². The molecule has 1 amide bonds. The Balaban J connectivity index is 2.99. The highest BCUT2D eigenvalue weighted by Crippen LogP contribution is 2.22. The van der Waals surface area contributed by atoms with E-state index in [0.29, 0.717) is 12.2 Å². The van der Waals surface area contributed by atoms with E-state index in [2.05, 4.69) is 36.0 Å². The van der Waals surface area contributed by atoms with Crippen molar-refractivity contribution in [3.63, 3.8) is 0 Å². The number of hydrogen-bond donors (Lipinski definition) is 2. The summed E-state index contributed by atoms with van der Waals surface area (Å²) in [7, 11) is 1.61. The second-order valence-electron chi connectivity index (χ2n) is 5.77. The second kappa shape index (κ2) is 7.24. The summed E-state index contributed by atoms with van der Waals surface area (Å²) in [5.74, 6) is -0.165. The van der Waals surface area contributed by atoms with Crippen LogP contribution in [-0.4, -0.2) is 37.6 Å². The minimum Gasteiger partial charge on any atom is -0.371 e. The van der Waals surface area contributed by atoms with Crippen LogP contribution in [0.4, 0.5) is 5.69 Å². The van der Waals surface area contributed by atoms with Crippen molar-refractivity contribution >= 4 is 11.6 Å². The van der Waals surface area contributed by atoms with Crippen molar-refractivity contribution in [2.45, 2.75) is 27.2 Å². The predicted octanol–water partition coefficient (Wildman–Crippen LogP) is 1.64. The van der Waals surface area contributed by atoms with Crippen LogP contribution in [0.1, 0.15) is 37.7 Å². The van der Waals surface area contributed by atoms with Crippen molar-refractivity contribution in [3.8, 4) is 0 Å². The van der Waals surface area contributed by atoms with E-state index in [1.165, 1.54) is 0 Å². The molecule has 0 aliphatic heterocycles. The predicted molar refractivity (Wildman–Crippen MR) is 83.0 cm³/mol. The molecule has 3 N–H and O–H groups in total. The summed E-state index contributed by atoms with van der Waals surface area (Å²) in [6.45, 7) is 8.85. The number of carbonyl (C=O) groups is 1. The molecular formula is C15H26N4O. The summed E-state index contributed by atoms with van der Waals surface area (Å²) in [4.78, 5) is 18.0. The van der Waals surface area contributed by atoms with Gasteiger partial charge < -0.3 is 16.0 Å². The lowest BCUT2D eigenvalue weighted by atomic mass is 9.92. The van der Waals surface area contributed by atoms with Gasteiger partial charge >= 0.3 is 0 Å². The number of pyridine rings is 1. The van der Waals surface area contributed by atoms with E-state index in [1.54, 1.807) is 13.2 Å². The highest BCUT2D eigenvalue weighted by atomic mass is 16.1. The van der Waals surface area contributed by atoms with Crippen molar-refractivity contribution < 1.29 is 4.79 Å². The van der Waals surface area contributed by atoms with Crippen molar-refractivity contribution in [1.29, 1.82) is 0 Å². The van der Waals surface area contributed by atoms with Crippen LogP contribution < -0.4 is 16.0 Å². The van der Waals surface area contributed by atoms with Crippen molar-refractivity contribution in [1.82, 2.24) is 10.3 Å². The number of aromatic nitrogens is 1. The summed E-state index contributed by atoms with van der Waals surface area (Å²) < 4.78 is 0. The van der Waals surface area contributed by atoms with E-state index >= 15 is 0 Å². The highest BCUT2D eigenvalue weighted by molar-refractivity contribution is 5.92. The molecule has 1 aromatic rings. The Morgan fingerprint density at radius 3 is 2.75 bits per heavy atom. The summed E-state index contributed by atoms with van der Waals surface area (Å²) in [6, 6.07) is 3.77. The van der Waals surface area contributed by atoms with Crippen LogP contribution in [-0.2, 0) is 0 Å². The summed E-state index contributed by atoms with van der Waals surface area (Å²) >= 11 is 0. The first kappa shape index (κ1) is 16.4. The molecule has 1 aromatic heterocycles. The second-order valence-corrected chi connectivity index (χ2v) is 5.77. The molecule has 0 atom stereocenters. The molecule has 0 saturated carbocycles. The normalized spacial score (nSPS) is 11.2. The Bertz CT molecular complexity index is 445. The standard InChI is InChI=1S/C15H26N4O/c1-5-8-19(11-15(2,3)10-16)12-6-7-18-13(9-12)14(20)17-4/h6-7,9H,5,8,10-11,16H2,1-4H3,(H,17,20). The molecule has 0 fully saturated rings. The van der Waals surface area contributed by atoms with E-state index < -0.39 is 0 Å². The van der Waals surface area contributed by atoms with Gasteiger partial charge in [-0.1, -0.05) is 20.8 Å². The van der Waals surface area contributed by atoms with Crippen LogP contribution in [0.15, 0.2) is 18.3 Å². The number of nitrogens with one attached hydrogen (secondary N) is 1. The molecule has 5 heteroatoms. The molecule has 0 unspecified atom stereocenters. The minimum absolute atomic E-state index is 0.0334. The third-order valence-electron chi connectivity index (χ3n) is 3.23. The molecule has 0 aliphatic carbocycles. The summed E-state index contributed by atoms with van der Waals surface area (Å²) in [6.07, 6.45) is 2.72. The van der Waals surface area contributed by atoms with Gasteiger partial charge in [-0.15, -0.1) is 0 Å². The number of rotatable bonds is 7. The first-order valence-electron chi connectivity index (χ1n) is 7.06. The molecule has 0 aromatic carbocycles. The number of anilines is 1. The van der Waals surface area contributed by atoms with Gasteiger partial charge in [0, 0.05) is 32.0 Å². The van der Waals surface area contributed by atoms with E-state index in [9.17, 15) is 4.79 Å². The monoisotopic (exact) mass is 278 g/mol. The molecule has 0 aliphatic rings. The molecule has 112 valence electrons. The maximum absolute atomic E-state index is 11.7. The fourth-order valence-electron chi connectivity index (χ4n) is 2.02. The first-order valence-corrected chi connectivity index (χ1v) is 7.06. The number of nitrogens with zero attached hydrogens (tertiary/aromatic N) is 2. The van der Waals surface area contributed by atoms with E-state index in [-0.39, 0.29) is 11.3 Å². The average molecular weight is 278 g/mol. The number of hydrogen-bond acceptors (Lipinski definition) is 4. The largest absolute Gasteiger partial charge is 0.371 e. The Morgan fingerprint density at radius 1 is 1.50 bits per heavy atom. The Kier molecular flexibility index (Phi) is 5.95. The highest BCUT2D eigenvalue weighted by Gasteiger charge is 2.20. The van der Waals surface area contributed by atoms with Gasteiger partial charge in [-0.3, -0.25) is 9.78 Å². The SMILES string of the molecule is CCCN(CC(C)(C)CN)c1ccnc(C(=O)NC)c1. The molecule has 0 spiro atoms. The zero-order valence-electron chi connectivity index (χ0n) is 12.9. The first-order chi connectivity index (χ1) is 9.43. The van der Waals surface area contributed by atoms with Crippen LogP contribution in [0, 0.1) is 5.41 Å². The molecule has 0 saturated heterocycles. The van der Waals surface area contributed by atoms with E-state index in [4.69, 9.17) is 5.73 Å². The fourth-order valence-corrected chi connectivity index (χ4v) is 2.02. The Morgan fingerprint density at radius 2 is 2.20 bits per heavy atom. The molecular weight excluding hydrogens is 252 g/mol. The van der Waals surface area contributed by atoms with E-state index in [1.807, 2.05) is 12.1 Å². The van der Waals surface area contributed by atoms with Gasteiger partial charge in [-0.2, -0.15) is 0 Å². The lowest BCUT2D eigenvalue weighted by molar-refractivity contribution is 0.0958. The van der Waals surface area contributed by atoms with Crippen LogP contribution in [0.3, 0.4) is 0 Å². The topological polar surface area (TPSA) is 71.2 Å². The quantitative estimate of drug-likeness (QED) is 0.795. The lowest BCUT2D eigenvalue weighted by Gasteiger charge is -2.33. The molecule has 0 radical (unpaired) electrons. The van der Waals surface area contributed by atoms with Crippen LogP contribution >= 0.6 is 0 Å². The average Bonchev–Trinajstić information content (AvgIpc) is 2.46. The van der Waals surface area contributed by atoms with Crippen molar-refractivity contribution in [2.24, 2.45) is 11.1 Å². The smallest absolute Gasteiger partial charge is 0.269 e. The fraction of sp³-hybridized carbons (Fsp3) is 0.600. The molecule has 5 nitrogen and oxygen atoms in total. The third kappa shape index (κ3) is 4.49. The molecule has 0 bridgehead atoms. The van der Waals surface area contributed by atoms with Gasteiger partial charge in [0.1, 0.15) is 5.69 Å². The maximum Gasteiger partial charge on any atom is 0.269 e. The maximum atomic E-state index is 11.7. The number of nitrogens with two attached hydrogens (primary N) is 1. The summed E-state index contributed by atoms with van der Waals surface area (Å²) in [5.41, 5.74) is 7.32. The molecule has 20 heavy (non-hydrogen) atoms. The minimum atomic E-state index is -0.165. The third-order valence-corrected chi connectivity index (χ3v) is 3.23. The van der Waals surface area contributed by atoms with Gasteiger partial charge in [0.2, 0.25) is 0 Å². The van der Waals surface area contributed by atoms with Gasteiger partial charge in [-0.05, 0) is 30.5 Å². The zero-order chi connectivity index (χ0) is 15.2. The van der Waals surface area contributed by atoms with Gasteiger partial charge in [0.15, 0.2) is 0 Å². The lowest BCUT2D eigenvalue weighted by Crippen LogP contribution is -2.39.